The molecule has 10 heavy (non-hydrogen) atoms. The van der Waals surface area contributed by atoms with E-state index in [0.717, 1.165) is 6.54 Å². The van der Waals surface area contributed by atoms with Crippen LogP contribution in [0.1, 0.15) is 34.6 Å². The Morgan fingerprint density at radius 3 is 1.30 bits per heavy atom. The van der Waals surface area contributed by atoms with Gasteiger partial charge in [0.25, 0.3) is 0 Å². The van der Waals surface area contributed by atoms with Crippen LogP contribution < -0.4 is 11.5 Å². The third-order valence-corrected chi connectivity index (χ3v) is 0.612. The van der Waals surface area contributed by atoms with Crippen molar-refractivity contribution in [2.75, 3.05) is 6.54 Å². The molecule has 0 aromatic heterocycles. The Morgan fingerprint density at radius 2 is 1.30 bits per heavy atom. The topological polar surface area (TPSA) is 52.0 Å². The molecule has 0 spiro atoms. The first kappa shape index (κ1) is 12.6. The summed E-state index contributed by atoms with van der Waals surface area (Å²) in [5.74, 6) is 0. The lowest BCUT2D eigenvalue weighted by molar-refractivity contribution is 0.428. The van der Waals surface area contributed by atoms with Crippen LogP contribution in [0.15, 0.2) is 0 Å². The predicted octanol–water partition coefficient (Wildman–Crippen LogP) is 1.34. The van der Waals surface area contributed by atoms with Crippen molar-refractivity contribution in [3.05, 3.63) is 0 Å². The molecule has 2 heteroatoms. The van der Waals surface area contributed by atoms with Crippen LogP contribution in [0.4, 0.5) is 0 Å². The van der Waals surface area contributed by atoms with E-state index in [9.17, 15) is 0 Å². The first-order valence-corrected chi connectivity index (χ1v) is 3.75. The van der Waals surface area contributed by atoms with Gasteiger partial charge in [-0.05, 0) is 18.0 Å². The van der Waals surface area contributed by atoms with E-state index in [1.807, 2.05) is 13.8 Å². The van der Waals surface area contributed by atoms with Crippen LogP contribution in [0.3, 0.4) is 0 Å². The van der Waals surface area contributed by atoms with E-state index in [2.05, 4.69) is 20.8 Å². The predicted molar refractivity (Wildman–Crippen MR) is 47.8 cm³/mol. The zero-order chi connectivity index (χ0) is 8.78. The molecule has 0 heterocycles. The van der Waals surface area contributed by atoms with E-state index in [1.165, 1.54) is 0 Å². The van der Waals surface area contributed by atoms with Gasteiger partial charge in [0.1, 0.15) is 0 Å². The SMILES string of the molecule is CC(C)(C)CN.CC(C)N. The minimum Gasteiger partial charge on any atom is -0.330 e. The monoisotopic (exact) mass is 146 g/mol. The standard InChI is InChI=1S/C5H13N.C3H9N/c1-5(2,3)4-6;1-3(2)4/h4,6H2,1-3H3;3H,4H2,1-2H3. The zero-order valence-corrected chi connectivity index (χ0v) is 7.94. The van der Waals surface area contributed by atoms with Crippen molar-refractivity contribution < 1.29 is 0 Å². The lowest BCUT2D eigenvalue weighted by Crippen LogP contribution is -2.18. The Bertz CT molecular complexity index is 59.4. The van der Waals surface area contributed by atoms with Gasteiger partial charge in [0.2, 0.25) is 0 Å². The van der Waals surface area contributed by atoms with Gasteiger partial charge in [-0.2, -0.15) is 0 Å². The second-order valence-electron chi connectivity index (χ2n) is 4.01. The van der Waals surface area contributed by atoms with Gasteiger partial charge < -0.3 is 11.5 Å². The van der Waals surface area contributed by atoms with Gasteiger partial charge in [0.15, 0.2) is 0 Å². The molecule has 0 fully saturated rings. The smallest absolute Gasteiger partial charge is 0.00179 e. The maximum atomic E-state index is 5.31. The van der Waals surface area contributed by atoms with Crippen LogP contribution in [-0.4, -0.2) is 12.6 Å². The molecule has 0 amide bonds. The van der Waals surface area contributed by atoms with Gasteiger partial charge >= 0.3 is 0 Å². The summed E-state index contributed by atoms with van der Waals surface area (Å²) in [5, 5.41) is 0. The van der Waals surface area contributed by atoms with Crippen LogP contribution in [0.2, 0.25) is 0 Å². The fraction of sp³-hybridized carbons (Fsp3) is 1.00. The van der Waals surface area contributed by atoms with E-state index in [4.69, 9.17) is 11.5 Å². The molecule has 64 valence electrons. The van der Waals surface area contributed by atoms with Crippen molar-refractivity contribution in [2.45, 2.75) is 40.7 Å². The van der Waals surface area contributed by atoms with Gasteiger partial charge in [-0.25, -0.2) is 0 Å². The Morgan fingerprint density at radius 1 is 1.20 bits per heavy atom. The van der Waals surface area contributed by atoms with Crippen molar-refractivity contribution in [1.82, 2.24) is 0 Å². The van der Waals surface area contributed by atoms with E-state index in [0.29, 0.717) is 11.5 Å². The van der Waals surface area contributed by atoms with Crippen LogP contribution in [0.25, 0.3) is 0 Å². The van der Waals surface area contributed by atoms with Crippen molar-refractivity contribution in [3.63, 3.8) is 0 Å². The van der Waals surface area contributed by atoms with Gasteiger partial charge in [-0.1, -0.05) is 34.6 Å². The molecule has 4 N–H and O–H groups in total. The average Bonchev–Trinajstić information content (AvgIpc) is 1.63. The molecule has 0 aromatic carbocycles. The Balaban J connectivity index is 0. The Hall–Kier alpha value is -0.0800. The van der Waals surface area contributed by atoms with Gasteiger partial charge in [-0.3, -0.25) is 0 Å². The lowest BCUT2D eigenvalue weighted by Gasteiger charge is -2.12. The molecule has 0 saturated carbocycles. The van der Waals surface area contributed by atoms with Gasteiger partial charge in [0, 0.05) is 0 Å². The van der Waals surface area contributed by atoms with Gasteiger partial charge in [-0.15, -0.1) is 0 Å². The van der Waals surface area contributed by atoms with Crippen LogP contribution in [0, 0.1) is 5.41 Å². The summed E-state index contributed by atoms with van der Waals surface area (Å²) in [6.07, 6.45) is 0. The number of nitrogens with two attached hydrogens (primary N) is 2. The Labute approximate surface area is 65.0 Å². The molecule has 0 bridgehead atoms. The van der Waals surface area contributed by atoms with Gasteiger partial charge in [0.05, 0.1) is 0 Å². The third kappa shape index (κ3) is 44.5. The fourth-order valence-corrected chi connectivity index (χ4v) is 0. The summed E-state index contributed by atoms with van der Waals surface area (Å²) in [4.78, 5) is 0. The molecule has 0 aliphatic carbocycles. The quantitative estimate of drug-likeness (QED) is 0.542. The highest BCUT2D eigenvalue weighted by atomic mass is 14.6. The summed E-state index contributed by atoms with van der Waals surface area (Å²) in [7, 11) is 0. The molecule has 0 atom stereocenters. The second-order valence-corrected chi connectivity index (χ2v) is 4.01. The highest BCUT2D eigenvalue weighted by Crippen LogP contribution is 2.07. The summed E-state index contributed by atoms with van der Waals surface area (Å²) in [5.41, 5.74) is 10.7. The average molecular weight is 146 g/mol. The van der Waals surface area contributed by atoms with Crippen molar-refractivity contribution in [1.29, 1.82) is 0 Å². The van der Waals surface area contributed by atoms with E-state index in [-0.39, 0.29) is 0 Å². The van der Waals surface area contributed by atoms with Crippen LogP contribution >= 0.6 is 0 Å². The molecule has 0 radical (unpaired) electrons. The van der Waals surface area contributed by atoms with Crippen molar-refractivity contribution in [3.8, 4) is 0 Å². The first-order valence-electron chi connectivity index (χ1n) is 3.75. The summed E-state index contributed by atoms with van der Waals surface area (Å²) < 4.78 is 0. The highest BCUT2D eigenvalue weighted by molar-refractivity contribution is 4.59. The molecule has 0 rings (SSSR count). The molecule has 0 aliphatic heterocycles. The second kappa shape index (κ2) is 5.69. The molecule has 0 aromatic rings. The third-order valence-electron chi connectivity index (χ3n) is 0.612. The minimum atomic E-state index is 0.319. The number of hydrogen-bond acceptors (Lipinski definition) is 2. The number of hydrogen-bond donors (Lipinski definition) is 2. The van der Waals surface area contributed by atoms with Crippen LogP contribution in [0.5, 0.6) is 0 Å². The van der Waals surface area contributed by atoms with Crippen LogP contribution in [-0.2, 0) is 0 Å². The maximum Gasteiger partial charge on any atom is -0.00179 e. The molecular formula is C8H22N2. The van der Waals surface area contributed by atoms with E-state index in [1.54, 1.807) is 0 Å². The minimum absolute atomic E-state index is 0.319. The maximum absolute atomic E-state index is 5.31. The molecule has 2 nitrogen and oxygen atoms in total. The summed E-state index contributed by atoms with van der Waals surface area (Å²) >= 11 is 0. The summed E-state index contributed by atoms with van der Waals surface area (Å²) in [6.45, 7) is 11.0. The van der Waals surface area contributed by atoms with E-state index >= 15 is 0 Å². The first-order chi connectivity index (χ1) is 4.29. The fourth-order valence-electron chi connectivity index (χ4n) is 0. The lowest BCUT2D eigenvalue weighted by atomic mass is 9.98. The van der Waals surface area contributed by atoms with E-state index < -0.39 is 0 Å². The zero-order valence-electron chi connectivity index (χ0n) is 7.94. The largest absolute Gasteiger partial charge is 0.330 e. The number of rotatable bonds is 0. The molecule has 0 unspecified atom stereocenters. The Kier molecular flexibility index (Phi) is 7.15. The normalized spacial score (nSPS) is 10.8. The highest BCUT2D eigenvalue weighted by Gasteiger charge is 2.03. The molecule has 0 aliphatic rings. The summed E-state index contributed by atoms with van der Waals surface area (Å²) in [6, 6.07) is 0.333. The molecule has 0 saturated heterocycles. The van der Waals surface area contributed by atoms with Crippen molar-refractivity contribution in [2.24, 2.45) is 16.9 Å². The van der Waals surface area contributed by atoms with Crippen molar-refractivity contribution >= 4 is 0 Å². The molecular weight excluding hydrogens is 124 g/mol.